The van der Waals surface area contributed by atoms with Crippen molar-refractivity contribution in [1.82, 2.24) is 0 Å². The first-order valence-electron chi connectivity index (χ1n) is 6.03. The summed E-state index contributed by atoms with van der Waals surface area (Å²) in [4.78, 5) is 2.35. The van der Waals surface area contributed by atoms with E-state index in [0.717, 1.165) is 32.4 Å². The van der Waals surface area contributed by atoms with Gasteiger partial charge in [0.15, 0.2) is 0 Å². The zero-order chi connectivity index (χ0) is 11.4. The molecule has 3 nitrogen and oxygen atoms in total. The molecule has 3 heteroatoms. The van der Waals surface area contributed by atoms with Gasteiger partial charge in [-0.1, -0.05) is 18.2 Å². The Balaban J connectivity index is 2.24. The fourth-order valence-corrected chi connectivity index (χ4v) is 2.36. The summed E-state index contributed by atoms with van der Waals surface area (Å²) >= 11 is 0. The third-order valence-corrected chi connectivity index (χ3v) is 3.21. The molecule has 1 aromatic carbocycles. The SMILES string of the molecule is NC1CCCN(CCCO)c2ccccc21. The topological polar surface area (TPSA) is 49.5 Å². The molecule has 0 aromatic heterocycles. The number of fused-ring (bicyclic) bond motifs is 1. The van der Waals surface area contributed by atoms with E-state index in [1.54, 1.807) is 0 Å². The van der Waals surface area contributed by atoms with Gasteiger partial charge in [0.2, 0.25) is 0 Å². The van der Waals surface area contributed by atoms with Crippen molar-refractivity contribution < 1.29 is 5.11 Å². The summed E-state index contributed by atoms with van der Waals surface area (Å²) < 4.78 is 0. The summed E-state index contributed by atoms with van der Waals surface area (Å²) in [6.45, 7) is 2.22. The first kappa shape index (κ1) is 11.4. The molecule has 1 aliphatic heterocycles. The Morgan fingerprint density at radius 1 is 1.38 bits per heavy atom. The van der Waals surface area contributed by atoms with Gasteiger partial charge in [-0.2, -0.15) is 0 Å². The average molecular weight is 220 g/mol. The van der Waals surface area contributed by atoms with Crippen molar-refractivity contribution in [2.45, 2.75) is 25.3 Å². The minimum atomic E-state index is 0.162. The van der Waals surface area contributed by atoms with Gasteiger partial charge in [0.25, 0.3) is 0 Å². The molecule has 1 atom stereocenters. The highest BCUT2D eigenvalue weighted by Gasteiger charge is 2.19. The Labute approximate surface area is 96.9 Å². The maximum absolute atomic E-state index is 8.92. The lowest BCUT2D eigenvalue weighted by Crippen LogP contribution is -2.26. The van der Waals surface area contributed by atoms with Gasteiger partial charge in [0, 0.05) is 31.4 Å². The molecule has 1 aliphatic rings. The van der Waals surface area contributed by atoms with Crippen molar-refractivity contribution in [1.29, 1.82) is 0 Å². The standard InChI is InChI=1S/C13H20N2O/c14-12-6-3-8-15(9-4-10-16)13-7-2-1-5-11(12)13/h1-2,5,7,12,16H,3-4,6,8-10,14H2. The first-order valence-corrected chi connectivity index (χ1v) is 6.03. The molecule has 0 spiro atoms. The number of nitrogens with two attached hydrogens (primary N) is 1. The van der Waals surface area contributed by atoms with Crippen LogP contribution in [-0.4, -0.2) is 24.8 Å². The van der Waals surface area contributed by atoms with Gasteiger partial charge in [0.1, 0.15) is 0 Å². The molecule has 1 aromatic rings. The summed E-state index contributed by atoms with van der Waals surface area (Å²) in [5.41, 5.74) is 8.66. The van der Waals surface area contributed by atoms with Crippen molar-refractivity contribution in [3.8, 4) is 0 Å². The lowest BCUT2D eigenvalue weighted by Gasteiger charge is -2.25. The minimum absolute atomic E-state index is 0.162. The van der Waals surface area contributed by atoms with Crippen LogP contribution in [0.25, 0.3) is 0 Å². The van der Waals surface area contributed by atoms with Gasteiger partial charge in [-0.3, -0.25) is 0 Å². The van der Waals surface area contributed by atoms with E-state index in [9.17, 15) is 0 Å². The fourth-order valence-electron chi connectivity index (χ4n) is 2.36. The van der Waals surface area contributed by atoms with Crippen LogP contribution in [0.2, 0.25) is 0 Å². The second kappa shape index (κ2) is 5.32. The van der Waals surface area contributed by atoms with Gasteiger partial charge < -0.3 is 15.7 Å². The predicted octanol–water partition coefficient (Wildman–Crippen LogP) is 1.67. The zero-order valence-corrected chi connectivity index (χ0v) is 9.60. The zero-order valence-electron chi connectivity index (χ0n) is 9.60. The second-order valence-corrected chi connectivity index (χ2v) is 4.37. The van der Waals surface area contributed by atoms with E-state index >= 15 is 0 Å². The lowest BCUT2D eigenvalue weighted by molar-refractivity contribution is 0.289. The Morgan fingerprint density at radius 3 is 3.00 bits per heavy atom. The summed E-state index contributed by atoms with van der Waals surface area (Å²) in [6, 6.07) is 8.53. The monoisotopic (exact) mass is 220 g/mol. The molecule has 0 aliphatic carbocycles. The summed E-state index contributed by atoms with van der Waals surface area (Å²) in [7, 11) is 0. The number of hydrogen-bond acceptors (Lipinski definition) is 3. The van der Waals surface area contributed by atoms with Crippen molar-refractivity contribution in [2.75, 3.05) is 24.6 Å². The van der Waals surface area contributed by atoms with Crippen LogP contribution < -0.4 is 10.6 Å². The molecule has 1 unspecified atom stereocenters. The highest BCUT2D eigenvalue weighted by Crippen LogP contribution is 2.31. The Kier molecular flexibility index (Phi) is 3.80. The van der Waals surface area contributed by atoms with Crippen molar-refractivity contribution in [2.24, 2.45) is 5.73 Å². The summed E-state index contributed by atoms with van der Waals surface area (Å²) in [5.74, 6) is 0. The number of para-hydroxylation sites is 1. The average Bonchev–Trinajstić information content (AvgIpc) is 2.47. The van der Waals surface area contributed by atoms with E-state index in [1.165, 1.54) is 11.3 Å². The Hall–Kier alpha value is -1.06. The molecule has 0 amide bonds. The minimum Gasteiger partial charge on any atom is -0.396 e. The fraction of sp³-hybridized carbons (Fsp3) is 0.538. The van der Waals surface area contributed by atoms with E-state index < -0.39 is 0 Å². The summed E-state index contributed by atoms with van der Waals surface area (Å²) in [6.07, 6.45) is 3.00. The van der Waals surface area contributed by atoms with Crippen LogP contribution in [0, 0.1) is 0 Å². The van der Waals surface area contributed by atoms with E-state index in [2.05, 4.69) is 23.1 Å². The van der Waals surface area contributed by atoms with Gasteiger partial charge in [-0.05, 0) is 30.9 Å². The van der Waals surface area contributed by atoms with Crippen LogP contribution in [0.15, 0.2) is 24.3 Å². The molecule has 1 heterocycles. The third-order valence-electron chi connectivity index (χ3n) is 3.21. The second-order valence-electron chi connectivity index (χ2n) is 4.37. The van der Waals surface area contributed by atoms with Crippen molar-refractivity contribution >= 4 is 5.69 Å². The maximum Gasteiger partial charge on any atom is 0.0447 e. The smallest absolute Gasteiger partial charge is 0.0447 e. The molecule has 0 saturated heterocycles. The first-order chi connectivity index (χ1) is 7.83. The molecular formula is C13H20N2O. The van der Waals surface area contributed by atoms with Crippen LogP contribution in [-0.2, 0) is 0 Å². The van der Waals surface area contributed by atoms with E-state index in [-0.39, 0.29) is 12.6 Å². The number of aliphatic hydroxyl groups is 1. The highest BCUT2D eigenvalue weighted by atomic mass is 16.3. The predicted molar refractivity (Wildman–Crippen MR) is 66.5 cm³/mol. The number of nitrogens with zero attached hydrogens (tertiary/aromatic N) is 1. The van der Waals surface area contributed by atoms with Gasteiger partial charge in [-0.25, -0.2) is 0 Å². The van der Waals surface area contributed by atoms with Gasteiger partial charge in [0.05, 0.1) is 0 Å². The number of anilines is 1. The lowest BCUT2D eigenvalue weighted by atomic mass is 10.0. The third kappa shape index (κ3) is 2.36. The molecule has 3 N–H and O–H groups in total. The Morgan fingerprint density at radius 2 is 2.19 bits per heavy atom. The summed E-state index contributed by atoms with van der Waals surface area (Å²) in [5, 5.41) is 8.92. The van der Waals surface area contributed by atoms with Crippen LogP contribution in [0.1, 0.15) is 30.9 Å². The molecule has 88 valence electrons. The molecule has 0 saturated carbocycles. The maximum atomic E-state index is 8.92. The molecule has 16 heavy (non-hydrogen) atoms. The molecular weight excluding hydrogens is 200 g/mol. The number of hydrogen-bond donors (Lipinski definition) is 2. The van der Waals surface area contributed by atoms with E-state index in [4.69, 9.17) is 10.8 Å². The molecule has 0 bridgehead atoms. The number of benzene rings is 1. The van der Waals surface area contributed by atoms with E-state index in [0.29, 0.717) is 0 Å². The van der Waals surface area contributed by atoms with Crippen LogP contribution in [0.4, 0.5) is 5.69 Å². The van der Waals surface area contributed by atoms with Crippen LogP contribution in [0.3, 0.4) is 0 Å². The molecule has 2 rings (SSSR count). The van der Waals surface area contributed by atoms with Gasteiger partial charge >= 0.3 is 0 Å². The van der Waals surface area contributed by atoms with E-state index in [1.807, 2.05) is 6.07 Å². The van der Waals surface area contributed by atoms with Crippen molar-refractivity contribution in [3.05, 3.63) is 29.8 Å². The normalized spacial score (nSPS) is 20.4. The quantitative estimate of drug-likeness (QED) is 0.814. The molecule has 0 radical (unpaired) electrons. The largest absolute Gasteiger partial charge is 0.396 e. The Bertz CT molecular complexity index is 340. The van der Waals surface area contributed by atoms with Gasteiger partial charge in [-0.15, -0.1) is 0 Å². The number of rotatable bonds is 3. The molecule has 0 fully saturated rings. The van der Waals surface area contributed by atoms with Crippen molar-refractivity contribution in [3.63, 3.8) is 0 Å². The highest BCUT2D eigenvalue weighted by molar-refractivity contribution is 5.55. The van der Waals surface area contributed by atoms with Crippen LogP contribution >= 0.6 is 0 Å². The van der Waals surface area contributed by atoms with Crippen LogP contribution in [0.5, 0.6) is 0 Å². The number of aliphatic hydroxyl groups excluding tert-OH is 1.